The molecule has 1 atom stereocenters. The zero-order valence-corrected chi connectivity index (χ0v) is 15.1. The number of hydrogen-bond donors (Lipinski definition) is 2. The molecule has 0 fully saturated rings. The lowest BCUT2D eigenvalue weighted by atomic mass is 10.1. The van der Waals surface area contributed by atoms with Crippen molar-refractivity contribution in [2.24, 2.45) is 0 Å². The Morgan fingerprint density at radius 2 is 1.84 bits per heavy atom. The van der Waals surface area contributed by atoms with Gasteiger partial charge in [-0.2, -0.15) is 0 Å². The molecule has 132 valence electrons. The predicted octanol–water partition coefficient (Wildman–Crippen LogP) is 4.96. The summed E-state index contributed by atoms with van der Waals surface area (Å²) in [6.45, 7) is 7.44. The maximum absolute atomic E-state index is 11.9. The summed E-state index contributed by atoms with van der Waals surface area (Å²) in [7, 11) is 0. The molecule has 3 aromatic rings. The average Bonchev–Trinajstić information content (AvgIpc) is 2.90. The van der Waals surface area contributed by atoms with Crippen LogP contribution in [0, 0.1) is 0 Å². The molecule has 1 heterocycles. The first-order valence-electron chi connectivity index (χ1n) is 8.52. The Labute approximate surface area is 147 Å². The summed E-state index contributed by atoms with van der Waals surface area (Å²) in [6, 6.07) is 14.1. The van der Waals surface area contributed by atoms with Gasteiger partial charge in [-0.15, -0.1) is 0 Å². The van der Waals surface area contributed by atoms with Crippen LogP contribution in [0.2, 0.25) is 0 Å². The summed E-state index contributed by atoms with van der Waals surface area (Å²) in [6.07, 6.45) is -0.299. The highest BCUT2D eigenvalue weighted by Gasteiger charge is 2.19. The van der Waals surface area contributed by atoms with Gasteiger partial charge in [-0.3, -0.25) is 5.32 Å². The van der Waals surface area contributed by atoms with Gasteiger partial charge < -0.3 is 14.5 Å². The van der Waals surface area contributed by atoms with Crippen molar-refractivity contribution in [2.45, 2.75) is 45.9 Å². The predicted molar refractivity (Wildman–Crippen MR) is 99.9 cm³/mol. The molecule has 2 aromatic carbocycles. The van der Waals surface area contributed by atoms with Crippen LogP contribution in [0.5, 0.6) is 5.75 Å². The van der Waals surface area contributed by atoms with E-state index in [0.717, 1.165) is 16.4 Å². The smallest absolute Gasteiger partial charge is 0.410 e. The second-order valence-electron chi connectivity index (χ2n) is 7.04. The molecule has 5 heteroatoms. The van der Waals surface area contributed by atoms with E-state index < -0.39 is 17.9 Å². The van der Waals surface area contributed by atoms with Gasteiger partial charge in [0, 0.05) is 28.8 Å². The quantitative estimate of drug-likeness (QED) is 0.660. The fourth-order valence-corrected chi connectivity index (χ4v) is 2.73. The molecule has 5 nitrogen and oxygen atoms in total. The van der Waals surface area contributed by atoms with Crippen molar-refractivity contribution >= 4 is 27.9 Å². The number of carbonyl (C=O) groups excluding carboxylic acids is 1. The van der Waals surface area contributed by atoms with Crippen molar-refractivity contribution in [2.75, 3.05) is 0 Å². The standard InChI is InChI=1S/C20H24N2O3/c1-5-18(22-19(23)25-20(2,3)4)24-13-10-11-15-14-8-6-7-9-16(14)21-17(15)12-13/h6-12,18,21H,5H2,1-4H3,(H,22,23). The van der Waals surface area contributed by atoms with Crippen LogP contribution in [0.1, 0.15) is 34.1 Å². The van der Waals surface area contributed by atoms with E-state index in [2.05, 4.69) is 22.4 Å². The van der Waals surface area contributed by atoms with Crippen molar-refractivity contribution in [3.05, 3.63) is 42.5 Å². The van der Waals surface area contributed by atoms with E-state index >= 15 is 0 Å². The molecule has 0 saturated carbocycles. The van der Waals surface area contributed by atoms with E-state index in [1.807, 2.05) is 58.0 Å². The van der Waals surface area contributed by atoms with Gasteiger partial charge >= 0.3 is 6.09 Å². The largest absolute Gasteiger partial charge is 0.471 e. The van der Waals surface area contributed by atoms with E-state index in [9.17, 15) is 4.79 Å². The van der Waals surface area contributed by atoms with Gasteiger partial charge in [-0.05, 0) is 39.0 Å². The maximum Gasteiger partial charge on any atom is 0.410 e. The van der Waals surface area contributed by atoms with Gasteiger partial charge in [0.2, 0.25) is 0 Å². The number of benzene rings is 2. The van der Waals surface area contributed by atoms with E-state index in [1.165, 1.54) is 5.39 Å². The van der Waals surface area contributed by atoms with Crippen molar-refractivity contribution in [1.82, 2.24) is 10.3 Å². The van der Waals surface area contributed by atoms with Crippen molar-refractivity contribution in [1.29, 1.82) is 0 Å². The molecule has 0 bridgehead atoms. The van der Waals surface area contributed by atoms with Crippen LogP contribution in [0.3, 0.4) is 0 Å². The van der Waals surface area contributed by atoms with E-state index in [1.54, 1.807) is 0 Å². The molecule has 0 aliphatic carbocycles. The Morgan fingerprint density at radius 1 is 1.12 bits per heavy atom. The Bertz CT molecular complexity index is 893. The number of ether oxygens (including phenoxy) is 2. The Hall–Kier alpha value is -2.69. The fourth-order valence-electron chi connectivity index (χ4n) is 2.73. The van der Waals surface area contributed by atoms with Gasteiger partial charge in [-0.25, -0.2) is 4.79 Å². The number of nitrogens with one attached hydrogen (secondary N) is 2. The molecule has 2 N–H and O–H groups in total. The maximum atomic E-state index is 11.9. The number of aromatic nitrogens is 1. The number of H-pyrrole nitrogens is 1. The number of rotatable bonds is 4. The lowest BCUT2D eigenvalue weighted by Gasteiger charge is -2.23. The highest BCUT2D eigenvalue weighted by atomic mass is 16.6. The summed E-state index contributed by atoms with van der Waals surface area (Å²) >= 11 is 0. The second kappa shape index (κ2) is 6.67. The Balaban J connectivity index is 1.76. The van der Waals surface area contributed by atoms with Gasteiger partial charge in [-0.1, -0.05) is 25.1 Å². The molecular formula is C20H24N2O3. The first-order valence-corrected chi connectivity index (χ1v) is 8.52. The molecule has 25 heavy (non-hydrogen) atoms. The summed E-state index contributed by atoms with van der Waals surface area (Å²) in [5.41, 5.74) is 1.56. The van der Waals surface area contributed by atoms with Crippen molar-refractivity contribution in [3.8, 4) is 5.75 Å². The normalized spacial score (nSPS) is 13.0. The number of aromatic amines is 1. The first-order chi connectivity index (χ1) is 11.9. The lowest BCUT2D eigenvalue weighted by molar-refractivity contribution is 0.0389. The second-order valence-corrected chi connectivity index (χ2v) is 7.04. The van der Waals surface area contributed by atoms with Crippen molar-refractivity contribution in [3.63, 3.8) is 0 Å². The summed E-state index contributed by atoms with van der Waals surface area (Å²) in [5, 5.41) is 5.09. The van der Waals surface area contributed by atoms with Crippen LogP contribution < -0.4 is 10.1 Å². The van der Waals surface area contributed by atoms with Crippen molar-refractivity contribution < 1.29 is 14.3 Å². The number of fused-ring (bicyclic) bond motifs is 3. The van der Waals surface area contributed by atoms with E-state index in [-0.39, 0.29) is 0 Å². The van der Waals surface area contributed by atoms with Gasteiger partial charge in [0.25, 0.3) is 0 Å². The molecule has 0 radical (unpaired) electrons. The van der Waals surface area contributed by atoms with Crippen LogP contribution >= 0.6 is 0 Å². The molecule has 1 aromatic heterocycles. The number of amides is 1. The third-order valence-corrected chi connectivity index (χ3v) is 3.80. The Kier molecular flexibility index (Phi) is 4.57. The van der Waals surface area contributed by atoms with Crippen LogP contribution in [-0.4, -0.2) is 22.9 Å². The Morgan fingerprint density at radius 3 is 2.56 bits per heavy atom. The zero-order chi connectivity index (χ0) is 18.0. The highest BCUT2D eigenvalue weighted by Crippen LogP contribution is 2.28. The molecule has 0 aliphatic heterocycles. The number of hydrogen-bond acceptors (Lipinski definition) is 3. The molecule has 0 saturated heterocycles. The van der Waals surface area contributed by atoms with Crippen LogP contribution in [-0.2, 0) is 4.74 Å². The lowest BCUT2D eigenvalue weighted by Crippen LogP contribution is -2.41. The molecular weight excluding hydrogens is 316 g/mol. The van der Waals surface area contributed by atoms with Gasteiger partial charge in [0.05, 0.1) is 5.52 Å². The highest BCUT2D eigenvalue weighted by molar-refractivity contribution is 6.07. The third-order valence-electron chi connectivity index (χ3n) is 3.80. The van der Waals surface area contributed by atoms with E-state index in [4.69, 9.17) is 9.47 Å². The van der Waals surface area contributed by atoms with Gasteiger partial charge in [0.15, 0.2) is 6.23 Å². The zero-order valence-electron chi connectivity index (χ0n) is 15.1. The minimum atomic E-state index is -0.536. The van der Waals surface area contributed by atoms with Gasteiger partial charge in [0.1, 0.15) is 11.4 Å². The minimum absolute atomic E-state index is 0.448. The molecule has 1 unspecified atom stereocenters. The summed E-state index contributed by atoms with van der Waals surface area (Å²) in [4.78, 5) is 15.3. The van der Waals surface area contributed by atoms with Crippen LogP contribution in [0.4, 0.5) is 4.79 Å². The third kappa shape index (κ3) is 4.05. The van der Waals surface area contributed by atoms with Crippen LogP contribution in [0.25, 0.3) is 21.8 Å². The average molecular weight is 340 g/mol. The molecule has 3 rings (SSSR count). The molecule has 1 amide bonds. The molecule has 0 aliphatic rings. The number of alkyl carbamates (subject to hydrolysis) is 1. The number of carbonyl (C=O) groups is 1. The van der Waals surface area contributed by atoms with Crippen LogP contribution in [0.15, 0.2) is 42.5 Å². The fraction of sp³-hybridized carbons (Fsp3) is 0.350. The topological polar surface area (TPSA) is 63.4 Å². The molecule has 0 spiro atoms. The first kappa shape index (κ1) is 17.1. The monoisotopic (exact) mass is 340 g/mol. The number of para-hydroxylation sites is 1. The summed E-state index contributed by atoms with van der Waals surface area (Å²) in [5.74, 6) is 0.696. The summed E-state index contributed by atoms with van der Waals surface area (Å²) < 4.78 is 11.2. The minimum Gasteiger partial charge on any atom is -0.471 e. The van der Waals surface area contributed by atoms with E-state index in [0.29, 0.717) is 12.2 Å². The SMILES string of the molecule is CCC(NC(=O)OC(C)(C)C)Oc1ccc2c(c1)[nH]c1ccccc12.